The van der Waals surface area contributed by atoms with Gasteiger partial charge >= 0.3 is 0 Å². The van der Waals surface area contributed by atoms with Crippen LogP contribution in [0.2, 0.25) is 0 Å². The van der Waals surface area contributed by atoms with Gasteiger partial charge in [-0.25, -0.2) is 0 Å². The maximum Gasteiger partial charge on any atom is 0.0631 e. The second kappa shape index (κ2) is 10.7. The third-order valence-electron chi connectivity index (χ3n) is 9.10. The lowest BCUT2D eigenvalue weighted by molar-refractivity contribution is -0.0163. The van der Waals surface area contributed by atoms with Crippen molar-refractivity contribution in [1.29, 1.82) is 0 Å². The van der Waals surface area contributed by atoms with E-state index in [1.807, 2.05) is 13.8 Å². The fraction of sp³-hybridized carbons (Fsp3) is 0.857. The maximum atomic E-state index is 10.4. The molecule has 4 nitrogen and oxygen atoms in total. The highest BCUT2D eigenvalue weighted by molar-refractivity contribution is 5.26. The SMILES string of the molecule is C[C@@H](CCCC(C)(C)O)C1CCC2/C(=C/C=C3C[C@@H](O)C(CCO)[C@H](O)C3)CCCC21C. The lowest BCUT2D eigenvalue weighted by Crippen LogP contribution is -2.37. The standard InChI is InChI=1S/C28H48O4/c1-19(7-5-14-27(2,3)32)23-11-12-24-21(8-6-15-28(23,24)4)10-9-20-17-25(30)22(13-16-29)26(31)18-20/h9-10,19,22-26,29-32H,5-8,11-18H2,1-4H3/b20-9?,21-10+/t19-,22?,23?,24?,25+,26+,28?/m0/s1. The summed E-state index contributed by atoms with van der Waals surface area (Å²) in [6.45, 7) is 8.79. The van der Waals surface area contributed by atoms with Crippen LogP contribution in [0.5, 0.6) is 0 Å². The highest BCUT2D eigenvalue weighted by Gasteiger charge is 2.50. The fourth-order valence-corrected chi connectivity index (χ4v) is 7.35. The quantitative estimate of drug-likeness (QED) is 0.414. The van der Waals surface area contributed by atoms with Crippen molar-refractivity contribution in [2.24, 2.45) is 29.1 Å². The predicted octanol–water partition coefficient (Wildman–Crippen LogP) is 5.15. The first-order chi connectivity index (χ1) is 15.0. The molecule has 0 heterocycles. The van der Waals surface area contributed by atoms with Gasteiger partial charge in [0.1, 0.15) is 0 Å². The molecule has 0 aliphatic heterocycles. The summed E-state index contributed by atoms with van der Waals surface area (Å²) in [7, 11) is 0. The van der Waals surface area contributed by atoms with Gasteiger partial charge in [0.15, 0.2) is 0 Å². The molecule has 3 saturated carbocycles. The Morgan fingerprint density at radius 3 is 2.44 bits per heavy atom. The van der Waals surface area contributed by atoms with Gasteiger partial charge in [0, 0.05) is 12.5 Å². The van der Waals surface area contributed by atoms with E-state index < -0.39 is 17.8 Å². The van der Waals surface area contributed by atoms with E-state index in [-0.39, 0.29) is 12.5 Å². The Bertz CT molecular complexity index is 661. The van der Waals surface area contributed by atoms with E-state index in [1.54, 1.807) is 5.57 Å². The fourth-order valence-electron chi connectivity index (χ4n) is 7.35. The Hall–Kier alpha value is -0.680. The van der Waals surface area contributed by atoms with Crippen LogP contribution in [0.15, 0.2) is 23.3 Å². The van der Waals surface area contributed by atoms with Crippen LogP contribution in [0.3, 0.4) is 0 Å². The molecule has 0 spiro atoms. The van der Waals surface area contributed by atoms with Gasteiger partial charge in [-0.15, -0.1) is 0 Å². The molecule has 0 amide bonds. The van der Waals surface area contributed by atoms with E-state index >= 15 is 0 Å². The van der Waals surface area contributed by atoms with E-state index in [0.29, 0.717) is 36.5 Å². The molecule has 0 bridgehead atoms. The summed E-state index contributed by atoms with van der Waals surface area (Å²) in [4.78, 5) is 0. The molecule has 0 aromatic carbocycles. The van der Waals surface area contributed by atoms with E-state index in [2.05, 4.69) is 26.0 Å². The first-order valence-corrected chi connectivity index (χ1v) is 13.1. The van der Waals surface area contributed by atoms with Crippen LogP contribution in [0.25, 0.3) is 0 Å². The smallest absolute Gasteiger partial charge is 0.0631 e. The molecule has 184 valence electrons. The van der Waals surface area contributed by atoms with Gasteiger partial charge in [0.25, 0.3) is 0 Å². The van der Waals surface area contributed by atoms with Crippen LogP contribution in [0.1, 0.15) is 98.3 Å². The van der Waals surface area contributed by atoms with Gasteiger partial charge < -0.3 is 20.4 Å². The zero-order chi connectivity index (χ0) is 23.5. The summed E-state index contributed by atoms with van der Waals surface area (Å²) in [6.07, 6.45) is 14.5. The van der Waals surface area contributed by atoms with Crippen molar-refractivity contribution in [2.75, 3.05) is 6.61 Å². The minimum Gasteiger partial charge on any atom is -0.396 e. The van der Waals surface area contributed by atoms with Gasteiger partial charge in [0.2, 0.25) is 0 Å². The molecule has 3 rings (SSSR count). The first kappa shape index (κ1) is 25.9. The third-order valence-corrected chi connectivity index (χ3v) is 9.10. The van der Waals surface area contributed by atoms with E-state index in [1.165, 1.54) is 38.5 Å². The zero-order valence-corrected chi connectivity index (χ0v) is 20.9. The number of fused-ring (bicyclic) bond motifs is 1. The normalized spacial score (nSPS) is 38.1. The summed E-state index contributed by atoms with van der Waals surface area (Å²) in [6, 6.07) is 0. The van der Waals surface area contributed by atoms with Gasteiger partial charge in [-0.3, -0.25) is 0 Å². The molecule has 0 saturated heterocycles. The van der Waals surface area contributed by atoms with Crippen LogP contribution in [0.4, 0.5) is 0 Å². The molecule has 4 heteroatoms. The molecule has 4 N–H and O–H groups in total. The predicted molar refractivity (Wildman–Crippen MR) is 130 cm³/mol. The Kier molecular flexibility index (Phi) is 8.68. The van der Waals surface area contributed by atoms with Crippen molar-refractivity contribution in [3.05, 3.63) is 23.3 Å². The number of rotatable bonds is 8. The Labute approximate surface area is 195 Å². The van der Waals surface area contributed by atoms with Crippen LogP contribution in [0, 0.1) is 29.1 Å². The summed E-state index contributed by atoms with van der Waals surface area (Å²) >= 11 is 0. The summed E-state index contributed by atoms with van der Waals surface area (Å²) < 4.78 is 0. The highest BCUT2D eigenvalue weighted by atomic mass is 16.3. The number of aliphatic hydroxyl groups excluding tert-OH is 3. The van der Waals surface area contributed by atoms with Crippen LogP contribution >= 0.6 is 0 Å². The molecule has 3 aliphatic carbocycles. The minimum atomic E-state index is -0.562. The molecule has 3 fully saturated rings. The summed E-state index contributed by atoms with van der Waals surface area (Å²) in [5.74, 6) is 1.88. The summed E-state index contributed by atoms with van der Waals surface area (Å²) in [5.41, 5.74) is 2.51. The average molecular weight is 449 g/mol. The third kappa shape index (κ3) is 6.05. The lowest BCUT2D eigenvalue weighted by Gasteiger charge is -2.44. The zero-order valence-electron chi connectivity index (χ0n) is 20.9. The van der Waals surface area contributed by atoms with E-state index in [0.717, 1.165) is 24.3 Å². The second-order valence-corrected chi connectivity index (χ2v) is 12.1. The first-order valence-electron chi connectivity index (χ1n) is 13.1. The molecule has 6 atom stereocenters. The van der Waals surface area contributed by atoms with Gasteiger partial charge in [-0.2, -0.15) is 0 Å². The Balaban J connectivity index is 1.65. The maximum absolute atomic E-state index is 10.4. The lowest BCUT2D eigenvalue weighted by atomic mass is 9.60. The minimum absolute atomic E-state index is 0.0134. The topological polar surface area (TPSA) is 80.9 Å². The largest absolute Gasteiger partial charge is 0.396 e. The number of hydrogen-bond donors (Lipinski definition) is 4. The van der Waals surface area contributed by atoms with Crippen molar-refractivity contribution in [3.8, 4) is 0 Å². The molecule has 3 aliphatic rings. The molecule has 0 aromatic rings. The molecular formula is C28H48O4. The van der Waals surface area contributed by atoms with Crippen LogP contribution in [-0.4, -0.2) is 44.8 Å². The van der Waals surface area contributed by atoms with E-state index in [9.17, 15) is 20.4 Å². The van der Waals surface area contributed by atoms with Gasteiger partial charge in [0.05, 0.1) is 17.8 Å². The van der Waals surface area contributed by atoms with Crippen molar-refractivity contribution in [3.63, 3.8) is 0 Å². The number of allylic oxidation sites excluding steroid dienone is 3. The average Bonchev–Trinajstić information content (AvgIpc) is 3.05. The Morgan fingerprint density at radius 2 is 1.81 bits per heavy atom. The second-order valence-electron chi connectivity index (χ2n) is 12.1. The Morgan fingerprint density at radius 1 is 1.12 bits per heavy atom. The summed E-state index contributed by atoms with van der Waals surface area (Å²) in [5, 5.41) is 40.1. The van der Waals surface area contributed by atoms with Crippen molar-refractivity contribution >= 4 is 0 Å². The molecule has 3 unspecified atom stereocenters. The van der Waals surface area contributed by atoms with Gasteiger partial charge in [-0.1, -0.05) is 50.0 Å². The monoisotopic (exact) mass is 448 g/mol. The molecule has 32 heavy (non-hydrogen) atoms. The van der Waals surface area contributed by atoms with Crippen molar-refractivity contribution in [1.82, 2.24) is 0 Å². The molecule has 0 radical (unpaired) electrons. The van der Waals surface area contributed by atoms with E-state index in [4.69, 9.17) is 0 Å². The molecule has 0 aromatic heterocycles. The molecular weight excluding hydrogens is 400 g/mol. The van der Waals surface area contributed by atoms with Gasteiger partial charge in [-0.05, 0) is 94.8 Å². The number of hydrogen-bond acceptors (Lipinski definition) is 4. The van der Waals surface area contributed by atoms with Crippen LogP contribution < -0.4 is 0 Å². The van der Waals surface area contributed by atoms with Crippen molar-refractivity contribution < 1.29 is 20.4 Å². The van der Waals surface area contributed by atoms with Crippen LogP contribution in [-0.2, 0) is 0 Å². The van der Waals surface area contributed by atoms with Crippen molar-refractivity contribution in [2.45, 2.75) is 116 Å². The highest BCUT2D eigenvalue weighted by Crippen LogP contribution is 2.60. The number of aliphatic hydroxyl groups is 4.